The summed E-state index contributed by atoms with van der Waals surface area (Å²) in [5, 5.41) is 16.2. The van der Waals surface area contributed by atoms with E-state index in [1.54, 1.807) is 0 Å². The Balaban J connectivity index is 0.00000200. The van der Waals surface area contributed by atoms with Gasteiger partial charge in [0.15, 0.2) is 15.8 Å². The van der Waals surface area contributed by atoms with Gasteiger partial charge in [-0.3, -0.25) is 4.99 Å². The van der Waals surface area contributed by atoms with Crippen molar-refractivity contribution in [3.63, 3.8) is 0 Å². The van der Waals surface area contributed by atoms with Crippen LogP contribution in [0.25, 0.3) is 0 Å². The second-order valence-corrected chi connectivity index (χ2v) is 7.75. The molecule has 0 aromatic heterocycles. The Labute approximate surface area is 137 Å². The summed E-state index contributed by atoms with van der Waals surface area (Å²) < 4.78 is 22.8. The van der Waals surface area contributed by atoms with Crippen molar-refractivity contribution in [2.24, 2.45) is 4.99 Å². The van der Waals surface area contributed by atoms with Crippen LogP contribution in [0.15, 0.2) is 4.99 Å². The fraction of sp³-hybridized carbons (Fsp3) is 0.917. The van der Waals surface area contributed by atoms with Crippen LogP contribution in [0, 0.1) is 0 Å². The van der Waals surface area contributed by atoms with E-state index in [1.807, 2.05) is 6.92 Å². The summed E-state index contributed by atoms with van der Waals surface area (Å²) in [5.74, 6) is 1.01. The van der Waals surface area contributed by atoms with Gasteiger partial charge in [-0.1, -0.05) is 0 Å². The van der Waals surface area contributed by atoms with Crippen molar-refractivity contribution in [1.82, 2.24) is 10.6 Å². The van der Waals surface area contributed by atoms with Gasteiger partial charge in [-0.2, -0.15) is 0 Å². The Bertz CT molecular complexity index is 449. The standard InChI is InChI=1S/C12H23N3O3S.HI/c1-2-13-11(14-9-12(16)5-3-6-12)15-10-4-7-19(17,18)8-10;/h10,16H,2-9H2,1H3,(H2,13,14,15);1H. The van der Waals surface area contributed by atoms with Crippen LogP contribution in [0.3, 0.4) is 0 Å². The summed E-state index contributed by atoms with van der Waals surface area (Å²) in [6.45, 7) is 3.05. The summed E-state index contributed by atoms with van der Waals surface area (Å²) in [6, 6.07) is -0.0705. The van der Waals surface area contributed by atoms with E-state index >= 15 is 0 Å². The van der Waals surface area contributed by atoms with Crippen LogP contribution in [-0.4, -0.2) is 55.7 Å². The number of aliphatic imine (C=N–C) groups is 1. The van der Waals surface area contributed by atoms with Crippen molar-refractivity contribution in [3.05, 3.63) is 0 Å². The molecule has 1 unspecified atom stereocenters. The Kier molecular flexibility index (Phi) is 6.52. The van der Waals surface area contributed by atoms with E-state index in [2.05, 4.69) is 15.6 Å². The lowest BCUT2D eigenvalue weighted by Crippen LogP contribution is -2.46. The van der Waals surface area contributed by atoms with Crippen LogP contribution >= 0.6 is 24.0 Å². The van der Waals surface area contributed by atoms with Crippen molar-refractivity contribution in [2.75, 3.05) is 24.6 Å². The van der Waals surface area contributed by atoms with Crippen LogP contribution in [0.2, 0.25) is 0 Å². The van der Waals surface area contributed by atoms with Crippen LogP contribution in [0.1, 0.15) is 32.6 Å². The topological polar surface area (TPSA) is 90.8 Å². The van der Waals surface area contributed by atoms with Gasteiger partial charge < -0.3 is 15.7 Å². The number of hydrogen-bond donors (Lipinski definition) is 3. The Morgan fingerprint density at radius 2 is 2.15 bits per heavy atom. The quantitative estimate of drug-likeness (QED) is 0.347. The summed E-state index contributed by atoms with van der Waals surface area (Å²) in [6.07, 6.45) is 3.27. The molecular weight excluding hydrogens is 393 g/mol. The lowest BCUT2D eigenvalue weighted by Gasteiger charge is -2.35. The van der Waals surface area contributed by atoms with Gasteiger partial charge in [0.25, 0.3) is 0 Å². The molecule has 2 aliphatic rings. The van der Waals surface area contributed by atoms with Crippen LogP contribution in [0.4, 0.5) is 0 Å². The van der Waals surface area contributed by atoms with Gasteiger partial charge in [0.1, 0.15) is 0 Å². The first-order valence-corrected chi connectivity index (χ1v) is 8.72. The van der Waals surface area contributed by atoms with E-state index in [0.717, 1.165) is 19.3 Å². The van der Waals surface area contributed by atoms with Gasteiger partial charge in [-0.25, -0.2) is 8.42 Å². The highest BCUT2D eigenvalue weighted by Gasteiger charge is 2.34. The van der Waals surface area contributed by atoms with Crippen molar-refractivity contribution in [3.8, 4) is 0 Å². The number of guanidine groups is 1. The third-order valence-electron chi connectivity index (χ3n) is 3.73. The van der Waals surface area contributed by atoms with E-state index in [4.69, 9.17) is 0 Å². The van der Waals surface area contributed by atoms with Crippen molar-refractivity contribution < 1.29 is 13.5 Å². The SMILES string of the molecule is CCNC(=NCC1(O)CCC1)NC1CCS(=O)(=O)C1.I. The van der Waals surface area contributed by atoms with Crippen LogP contribution in [-0.2, 0) is 9.84 Å². The molecule has 8 heteroatoms. The number of halogens is 1. The highest BCUT2D eigenvalue weighted by Crippen LogP contribution is 2.31. The zero-order chi connectivity index (χ0) is 13.9. The molecule has 0 radical (unpaired) electrons. The summed E-state index contributed by atoms with van der Waals surface area (Å²) in [7, 11) is -2.89. The molecule has 3 N–H and O–H groups in total. The molecule has 0 aromatic carbocycles. The smallest absolute Gasteiger partial charge is 0.191 e. The van der Waals surface area contributed by atoms with E-state index in [9.17, 15) is 13.5 Å². The molecule has 2 fully saturated rings. The first-order chi connectivity index (χ1) is 8.92. The van der Waals surface area contributed by atoms with Gasteiger partial charge in [0, 0.05) is 12.6 Å². The minimum atomic E-state index is -2.89. The fourth-order valence-electron chi connectivity index (χ4n) is 2.39. The van der Waals surface area contributed by atoms with Crippen molar-refractivity contribution in [1.29, 1.82) is 0 Å². The molecule has 1 atom stereocenters. The maximum atomic E-state index is 11.4. The third-order valence-corrected chi connectivity index (χ3v) is 5.50. The Morgan fingerprint density at radius 1 is 1.45 bits per heavy atom. The van der Waals surface area contributed by atoms with Crippen LogP contribution < -0.4 is 10.6 Å². The fourth-order valence-corrected chi connectivity index (χ4v) is 4.06. The first kappa shape index (κ1) is 18.0. The predicted molar refractivity (Wildman–Crippen MR) is 90.4 cm³/mol. The number of nitrogens with one attached hydrogen (secondary N) is 2. The minimum Gasteiger partial charge on any atom is -0.388 e. The minimum absolute atomic E-state index is 0. The molecule has 2 rings (SSSR count). The molecule has 1 aliphatic heterocycles. The molecule has 118 valence electrons. The van der Waals surface area contributed by atoms with E-state index in [0.29, 0.717) is 25.5 Å². The molecular formula is C12H24IN3O3S. The first-order valence-electron chi connectivity index (χ1n) is 6.90. The lowest BCUT2D eigenvalue weighted by molar-refractivity contribution is -0.0236. The van der Waals surface area contributed by atoms with Crippen molar-refractivity contribution in [2.45, 2.75) is 44.2 Å². The zero-order valence-corrected chi connectivity index (χ0v) is 14.9. The second-order valence-electron chi connectivity index (χ2n) is 5.52. The second kappa shape index (κ2) is 7.26. The molecule has 0 bridgehead atoms. The molecule has 0 aromatic rings. The molecule has 1 aliphatic carbocycles. The van der Waals surface area contributed by atoms with Gasteiger partial charge in [0.05, 0.1) is 23.7 Å². The number of nitrogens with zero attached hydrogens (tertiary/aromatic N) is 1. The van der Waals surface area contributed by atoms with Crippen molar-refractivity contribution >= 4 is 39.8 Å². The maximum absolute atomic E-state index is 11.4. The normalized spacial score (nSPS) is 27.3. The maximum Gasteiger partial charge on any atom is 0.191 e. The monoisotopic (exact) mass is 417 g/mol. The summed E-state index contributed by atoms with van der Waals surface area (Å²) in [4.78, 5) is 4.37. The molecule has 0 amide bonds. The van der Waals surface area contributed by atoms with E-state index in [-0.39, 0.29) is 41.5 Å². The average molecular weight is 417 g/mol. The molecule has 1 saturated heterocycles. The number of rotatable bonds is 4. The Morgan fingerprint density at radius 3 is 2.60 bits per heavy atom. The Hall–Kier alpha value is -0.0900. The number of sulfone groups is 1. The average Bonchev–Trinajstić information content (AvgIpc) is 2.63. The highest BCUT2D eigenvalue weighted by atomic mass is 127. The highest BCUT2D eigenvalue weighted by molar-refractivity contribution is 14.0. The largest absolute Gasteiger partial charge is 0.388 e. The van der Waals surface area contributed by atoms with Gasteiger partial charge in [-0.05, 0) is 32.6 Å². The third kappa shape index (κ3) is 5.03. The van der Waals surface area contributed by atoms with Gasteiger partial charge >= 0.3 is 0 Å². The lowest BCUT2D eigenvalue weighted by atomic mass is 9.80. The van der Waals surface area contributed by atoms with Gasteiger partial charge in [-0.15, -0.1) is 24.0 Å². The zero-order valence-electron chi connectivity index (χ0n) is 11.8. The number of aliphatic hydroxyl groups is 1. The number of hydrogen-bond acceptors (Lipinski definition) is 4. The van der Waals surface area contributed by atoms with Crippen LogP contribution in [0.5, 0.6) is 0 Å². The van der Waals surface area contributed by atoms with E-state index in [1.165, 1.54) is 0 Å². The molecule has 1 saturated carbocycles. The summed E-state index contributed by atoms with van der Waals surface area (Å²) in [5.41, 5.74) is -0.649. The van der Waals surface area contributed by atoms with E-state index < -0.39 is 15.4 Å². The van der Waals surface area contributed by atoms with Gasteiger partial charge in [0.2, 0.25) is 0 Å². The molecule has 1 heterocycles. The molecule has 20 heavy (non-hydrogen) atoms. The molecule has 0 spiro atoms. The summed E-state index contributed by atoms with van der Waals surface area (Å²) >= 11 is 0. The molecule has 6 nitrogen and oxygen atoms in total. The predicted octanol–water partition coefficient (Wildman–Crippen LogP) is 0.262.